The Labute approximate surface area is 138 Å². The molecule has 0 bridgehead atoms. The number of benzene rings is 1. The first kappa shape index (κ1) is 14.9. The molecular formula is C17H17FN4O2. The van der Waals surface area contributed by atoms with Gasteiger partial charge in [-0.3, -0.25) is 14.3 Å². The van der Waals surface area contributed by atoms with Crippen molar-refractivity contribution in [3.63, 3.8) is 0 Å². The van der Waals surface area contributed by atoms with Crippen LogP contribution in [0, 0.1) is 5.82 Å². The quantitative estimate of drug-likeness (QED) is 0.926. The molecule has 1 saturated carbocycles. The van der Waals surface area contributed by atoms with E-state index >= 15 is 0 Å². The predicted octanol–water partition coefficient (Wildman–Crippen LogP) is 1.57. The van der Waals surface area contributed by atoms with Gasteiger partial charge in [0.15, 0.2) is 5.69 Å². The zero-order chi connectivity index (χ0) is 16.7. The highest BCUT2D eigenvalue weighted by Gasteiger charge is 2.30. The van der Waals surface area contributed by atoms with E-state index in [2.05, 4.69) is 10.4 Å². The molecule has 0 spiro atoms. The maximum atomic E-state index is 13.0. The van der Waals surface area contributed by atoms with Gasteiger partial charge in [-0.05, 0) is 30.5 Å². The Balaban J connectivity index is 1.50. The van der Waals surface area contributed by atoms with E-state index in [4.69, 9.17) is 0 Å². The molecule has 2 amide bonds. The van der Waals surface area contributed by atoms with Crippen LogP contribution in [0.25, 0.3) is 0 Å². The van der Waals surface area contributed by atoms with E-state index in [1.807, 2.05) is 0 Å². The summed E-state index contributed by atoms with van der Waals surface area (Å²) in [6, 6.07) is 7.91. The Morgan fingerprint density at radius 2 is 2.00 bits per heavy atom. The topological polar surface area (TPSA) is 67.2 Å². The second-order valence-corrected chi connectivity index (χ2v) is 6.24. The molecule has 0 atom stereocenters. The molecule has 1 fully saturated rings. The molecule has 2 aromatic rings. The zero-order valence-electron chi connectivity index (χ0n) is 13.0. The molecule has 1 aliphatic heterocycles. The van der Waals surface area contributed by atoms with Crippen molar-refractivity contribution in [3.8, 4) is 0 Å². The van der Waals surface area contributed by atoms with Gasteiger partial charge in [-0.15, -0.1) is 0 Å². The molecule has 24 heavy (non-hydrogen) atoms. The SMILES string of the molecule is O=C(NC1CC1)c1cc2n(n1)CCN(Cc1ccc(F)cc1)C2=O. The Morgan fingerprint density at radius 1 is 1.25 bits per heavy atom. The fourth-order valence-corrected chi connectivity index (χ4v) is 2.80. The van der Waals surface area contributed by atoms with Crippen molar-refractivity contribution < 1.29 is 14.0 Å². The Hall–Kier alpha value is -2.70. The van der Waals surface area contributed by atoms with E-state index in [0.29, 0.717) is 25.3 Å². The van der Waals surface area contributed by atoms with Crippen LogP contribution in [0.4, 0.5) is 4.39 Å². The van der Waals surface area contributed by atoms with Gasteiger partial charge in [-0.2, -0.15) is 5.10 Å². The minimum Gasteiger partial charge on any atom is -0.348 e. The van der Waals surface area contributed by atoms with Gasteiger partial charge in [0.05, 0.1) is 6.54 Å². The highest BCUT2D eigenvalue weighted by Crippen LogP contribution is 2.20. The van der Waals surface area contributed by atoms with Gasteiger partial charge >= 0.3 is 0 Å². The van der Waals surface area contributed by atoms with Gasteiger partial charge in [0.1, 0.15) is 11.5 Å². The number of hydrogen-bond acceptors (Lipinski definition) is 3. The van der Waals surface area contributed by atoms with Crippen molar-refractivity contribution in [3.05, 3.63) is 53.1 Å². The number of halogens is 1. The van der Waals surface area contributed by atoms with Gasteiger partial charge in [0.2, 0.25) is 0 Å². The Bertz CT molecular complexity index is 795. The van der Waals surface area contributed by atoms with Gasteiger partial charge < -0.3 is 10.2 Å². The third-order valence-electron chi connectivity index (χ3n) is 4.30. The fourth-order valence-electron chi connectivity index (χ4n) is 2.80. The van der Waals surface area contributed by atoms with Gasteiger partial charge in [-0.25, -0.2) is 4.39 Å². The van der Waals surface area contributed by atoms with Crippen LogP contribution in [-0.2, 0) is 13.1 Å². The Kier molecular flexibility index (Phi) is 3.55. The lowest BCUT2D eigenvalue weighted by Crippen LogP contribution is -2.39. The van der Waals surface area contributed by atoms with Gasteiger partial charge in [0.25, 0.3) is 11.8 Å². The first-order chi connectivity index (χ1) is 11.6. The second-order valence-electron chi connectivity index (χ2n) is 6.24. The van der Waals surface area contributed by atoms with Crippen molar-refractivity contribution >= 4 is 11.8 Å². The minimum absolute atomic E-state index is 0.163. The molecule has 7 heteroatoms. The first-order valence-corrected chi connectivity index (χ1v) is 8.02. The summed E-state index contributed by atoms with van der Waals surface area (Å²) in [7, 11) is 0. The molecule has 6 nitrogen and oxygen atoms in total. The molecular weight excluding hydrogens is 311 g/mol. The summed E-state index contributed by atoms with van der Waals surface area (Å²) in [6.45, 7) is 1.46. The number of carbonyl (C=O) groups is 2. The largest absolute Gasteiger partial charge is 0.348 e. The smallest absolute Gasteiger partial charge is 0.272 e. The van der Waals surface area contributed by atoms with Gasteiger partial charge in [0, 0.05) is 25.2 Å². The number of rotatable bonds is 4. The summed E-state index contributed by atoms with van der Waals surface area (Å²) in [5.74, 6) is -0.686. The van der Waals surface area contributed by atoms with E-state index in [1.54, 1.807) is 27.8 Å². The standard InChI is InChI=1S/C17H17FN4O2/c18-12-3-1-11(2-4-12)10-21-7-8-22-15(17(21)24)9-14(20-22)16(23)19-13-5-6-13/h1-4,9,13H,5-8,10H2,(H,19,23). The summed E-state index contributed by atoms with van der Waals surface area (Å²) in [6.07, 6.45) is 2.01. The number of aromatic nitrogens is 2. The molecule has 1 N–H and O–H groups in total. The molecule has 1 aromatic heterocycles. The maximum absolute atomic E-state index is 13.0. The van der Waals surface area contributed by atoms with Crippen LogP contribution < -0.4 is 5.32 Å². The van der Waals surface area contributed by atoms with Crippen LogP contribution in [0.15, 0.2) is 30.3 Å². The summed E-state index contributed by atoms with van der Waals surface area (Å²) in [5.41, 5.74) is 1.57. The summed E-state index contributed by atoms with van der Waals surface area (Å²) in [4.78, 5) is 26.4. The van der Waals surface area contributed by atoms with Crippen LogP contribution in [0.5, 0.6) is 0 Å². The molecule has 0 saturated heterocycles. The van der Waals surface area contributed by atoms with E-state index in [9.17, 15) is 14.0 Å². The molecule has 0 unspecified atom stereocenters. The number of fused-ring (bicyclic) bond motifs is 1. The number of hydrogen-bond donors (Lipinski definition) is 1. The van der Waals surface area contributed by atoms with Crippen molar-refractivity contribution in [2.45, 2.75) is 32.0 Å². The van der Waals surface area contributed by atoms with Crippen LogP contribution in [0.2, 0.25) is 0 Å². The number of amides is 2. The average molecular weight is 328 g/mol. The lowest BCUT2D eigenvalue weighted by Gasteiger charge is -2.27. The molecule has 2 aliphatic rings. The van der Waals surface area contributed by atoms with Gasteiger partial charge in [-0.1, -0.05) is 12.1 Å². The normalized spacial score (nSPS) is 16.9. The maximum Gasteiger partial charge on any atom is 0.272 e. The van der Waals surface area contributed by atoms with E-state index in [1.165, 1.54) is 12.1 Å². The van der Waals surface area contributed by atoms with Crippen LogP contribution >= 0.6 is 0 Å². The van der Waals surface area contributed by atoms with Crippen molar-refractivity contribution in [1.29, 1.82) is 0 Å². The lowest BCUT2D eigenvalue weighted by atomic mass is 10.2. The number of carbonyl (C=O) groups excluding carboxylic acids is 2. The molecule has 124 valence electrons. The summed E-state index contributed by atoms with van der Waals surface area (Å²) < 4.78 is 14.6. The predicted molar refractivity (Wildman–Crippen MR) is 83.9 cm³/mol. The first-order valence-electron chi connectivity index (χ1n) is 8.02. The van der Waals surface area contributed by atoms with Crippen LogP contribution in [0.1, 0.15) is 39.4 Å². The highest BCUT2D eigenvalue weighted by atomic mass is 19.1. The van der Waals surface area contributed by atoms with Crippen molar-refractivity contribution in [2.75, 3.05) is 6.54 Å². The third kappa shape index (κ3) is 2.89. The van der Waals surface area contributed by atoms with Crippen molar-refractivity contribution in [1.82, 2.24) is 20.0 Å². The summed E-state index contributed by atoms with van der Waals surface area (Å²) in [5, 5.41) is 7.12. The molecule has 4 rings (SSSR count). The zero-order valence-corrected chi connectivity index (χ0v) is 13.0. The van der Waals surface area contributed by atoms with Crippen LogP contribution in [0.3, 0.4) is 0 Å². The van der Waals surface area contributed by atoms with Crippen molar-refractivity contribution in [2.24, 2.45) is 0 Å². The van der Waals surface area contributed by atoms with E-state index in [-0.39, 0.29) is 29.4 Å². The second kappa shape index (κ2) is 5.74. The van der Waals surface area contributed by atoms with E-state index < -0.39 is 0 Å². The summed E-state index contributed by atoms with van der Waals surface area (Å²) >= 11 is 0. The highest BCUT2D eigenvalue weighted by molar-refractivity contribution is 5.98. The molecule has 2 heterocycles. The number of nitrogens with zero attached hydrogens (tertiary/aromatic N) is 3. The number of nitrogens with one attached hydrogen (secondary N) is 1. The molecule has 0 radical (unpaired) electrons. The third-order valence-corrected chi connectivity index (χ3v) is 4.30. The molecule has 1 aromatic carbocycles. The van der Waals surface area contributed by atoms with Crippen LogP contribution in [-0.4, -0.2) is 39.1 Å². The monoisotopic (exact) mass is 328 g/mol. The molecule has 1 aliphatic carbocycles. The minimum atomic E-state index is -0.298. The fraction of sp³-hybridized carbons (Fsp3) is 0.353. The van der Waals surface area contributed by atoms with E-state index in [0.717, 1.165) is 18.4 Å². The average Bonchev–Trinajstić information content (AvgIpc) is 3.27. The lowest BCUT2D eigenvalue weighted by molar-refractivity contribution is 0.0683. The Morgan fingerprint density at radius 3 is 2.71 bits per heavy atom.